The summed E-state index contributed by atoms with van der Waals surface area (Å²) in [5.74, 6) is -0.750. The summed E-state index contributed by atoms with van der Waals surface area (Å²) in [5.41, 5.74) is 3.11. The predicted molar refractivity (Wildman–Crippen MR) is 121 cm³/mol. The standard InChI is InChI=1S/C25H22N2O6/c1-15-4-7-20(16(2)10-15)27-24(28)18(13-26)11-17-5-8-21(23(12-17)31-3)32-14-19-6-9-22(33-19)25(29)30/h4-12H,14H2,1-3H3,(H,27,28)(H,29,30). The van der Waals surface area contributed by atoms with Crippen LogP contribution in [-0.2, 0) is 11.4 Å². The molecular weight excluding hydrogens is 424 g/mol. The van der Waals surface area contributed by atoms with Crippen LogP contribution in [0.25, 0.3) is 6.08 Å². The average molecular weight is 446 g/mol. The second-order valence-corrected chi connectivity index (χ2v) is 7.21. The number of anilines is 1. The van der Waals surface area contributed by atoms with E-state index in [0.717, 1.165) is 11.1 Å². The van der Waals surface area contributed by atoms with Gasteiger partial charge in [0, 0.05) is 5.69 Å². The van der Waals surface area contributed by atoms with Crippen LogP contribution in [0.2, 0.25) is 0 Å². The Morgan fingerprint density at radius 3 is 2.55 bits per heavy atom. The van der Waals surface area contributed by atoms with E-state index >= 15 is 0 Å². The van der Waals surface area contributed by atoms with E-state index in [9.17, 15) is 14.9 Å². The summed E-state index contributed by atoms with van der Waals surface area (Å²) in [5, 5.41) is 21.2. The van der Waals surface area contributed by atoms with Gasteiger partial charge in [-0.05, 0) is 61.4 Å². The molecule has 8 nitrogen and oxygen atoms in total. The van der Waals surface area contributed by atoms with Crippen LogP contribution in [0.3, 0.4) is 0 Å². The zero-order valence-corrected chi connectivity index (χ0v) is 18.3. The lowest BCUT2D eigenvalue weighted by Crippen LogP contribution is -2.14. The summed E-state index contributed by atoms with van der Waals surface area (Å²) in [6.07, 6.45) is 1.46. The van der Waals surface area contributed by atoms with Crippen LogP contribution in [-0.4, -0.2) is 24.1 Å². The molecule has 0 saturated carbocycles. The van der Waals surface area contributed by atoms with Gasteiger partial charge in [-0.1, -0.05) is 23.8 Å². The maximum atomic E-state index is 12.6. The first-order chi connectivity index (χ1) is 15.8. The van der Waals surface area contributed by atoms with Gasteiger partial charge in [0.15, 0.2) is 11.5 Å². The average Bonchev–Trinajstić information content (AvgIpc) is 3.27. The summed E-state index contributed by atoms with van der Waals surface area (Å²) < 4.78 is 16.2. The van der Waals surface area contributed by atoms with Crippen LogP contribution in [0.4, 0.5) is 5.69 Å². The molecule has 0 radical (unpaired) electrons. The molecule has 3 aromatic rings. The molecule has 33 heavy (non-hydrogen) atoms. The molecule has 0 bridgehead atoms. The number of nitriles is 1. The summed E-state index contributed by atoms with van der Waals surface area (Å²) >= 11 is 0. The summed E-state index contributed by atoms with van der Waals surface area (Å²) in [7, 11) is 1.46. The summed E-state index contributed by atoms with van der Waals surface area (Å²) in [6.45, 7) is 3.84. The van der Waals surface area contributed by atoms with Gasteiger partial charge in [0.05, 0.1) is 7.11 Å². The van der Waals surface area contributed by atoms with Gasteiger partial charge < -0.3 is 24.3 Å². The number of aromatic carboxylic acids is 1. The van der Waals surface area contributed by atoms with Crippen LogP contribution >= 0.6 is 0 Å². The minimum atomic E-state index is -1.16. The number of carbonyl (C=O) groups excluding carboxylic acids is 1. The minimum absolute atomic E-state index is 0.000574. The molecule has 1 heterocycles. The Hall–Kier alpha value is -4.51. The van der Waals surface area contributed by atoms with E-state index in [4.69, 9.17) is 19.0 Å². The first-order valence-corrected chi connectivity index (χ1v) is 9.94. The Labute approximate surface area is 190 Å². The van der Waals surface area contributed by atoms with E-state index in [1.807, 2.05) is 32.0 Å². The monoisotopic (exact) mass is 446 g/mol. The van der Waals surface area contributed by atoms with Crippen molar-refractivity contribution in [1.29, 1.82) is 5.26 Å². The van der Waals surface area contributed by atoms with Crippen molar-refractivity contribution in [2.45, 2.75) is 20.5 Å². The van der Waals surface area contributed by atoms with Crippen molar-refractivity contribution >= 4 is 23.6 Å². The number of nitrogens with zero attached hydrogens (tertiary/aromatic N) is 1. The maximum absolute atomic E-state index is 12.6. The molecule has 2 aromatic carbocycles. The Morgan fingerprint density at radius 2 is 1.91 bits per heavy atom. The van der Waals surface area contributed by atoms with Gasteiger partial charge in [-0.25, -0.2) is 4.79 Å². The number of rotatable bonds is 8. The molecule has 0 spiro atoms. The molecule has 0 saturated heterocycles. The zero-order valence-electron chi connectivity index (χ0n) is 18.3. The van der Waals surface area contributed by atoms with Crippen molar-refractivity contribution < 1.29 is 28.6 Å². The molecule has 0 aliphatic rings. The summed E-state index contributed by atoms with van der Waals surface area (Å²) in [4.78, 5) is 23.5. The maximum Gasteiger partial charge on any atom is 0.371 e. The lowest BCUT2D eigenvalue weighted by Gasteiger charge is -2.11. The van der Waals surface area contributed by atoms with Gasteiger partial charge in [-0.3, -0.25) is 4.79 Å². The van der Waals surface area contributed by atoms with Crippen LogP contribution < -0.4 is 14.8 Å². The highest BCUT2D eigenvalue weighted by atomic mass is 16.5. The van der Waals surface area contributed by atoms with Gasteiger partial charge in [0.1, 0.15) is 24.0 Å². The van der Waals surface area contributed by atoms with E-state index in [1.165, 1.54) is 25.3 Å². The van der Waals surface area contributed by atoms with E-state index in [1.54, 1.807) is 24.3 Å². The molecule has 0 atom stereocenters. The largest absolute Gasteiger partial charge is 0.493 e. The molecular formula is C25H22N2O6. The fourth-order valence-corrected chi connectivity index (χ4v) is 3.07. The van der Waals surface area contributed by atoms with E-state index in [2.05, 4.69) is 5.32 Å². The fraction of sp³-hybridized carbons (Fsp3) is 0.160. The lowest BCUT2D eigenvalue weighted by atomic mass is 10.1. The number of benzene rings is 2. The van der Waals surface area contributed by atoms with Crippen molar-refractivity contribution in [1.82, 2.24) is 0 Å². The molecule has 0 unspecified atom stereocenters. The summed E-state index contributed by atoms with van der Waals surface area (Å²) in [6, 6.07) is 15.3. The van der Waals surface area contributed by atoms with E-state index in [-0.39, 0.29) is 17.9 Å². The molecule has 3 rings (SSSR count). The van der Waals surface area contributed by atoms with Crippen LogP contribution in [0.1, 0.15) is 33.0 Å². The topological polar surface area (TPSA) is 122 Å². The highest BCUT2D eigenvalue weighted by Gasteiger charge is 2.14. The number of amides is 1. The smallest absolute Gasteiger partial charge is 0.371 e. The Balaban J connectivity index is 1.75. The Morgan fingerprint density at radius 1 is 1.12 bits per heavy atom. The third kappa shape index (κ3) is 5.80. The highest BCUT2D eigenvalue weighted by molar-refractivity contribution is 6.10. The number of carboxylic acid groups (broad SMARTS) is 1. The molecule has 0 aliphatic heterocycles. The lowest BCUT2D eigenvalue weighted by molar-refractivity contribution is -0.112. The van der Waals surface area contributed by atoms with E-state index in [0.29, 0.717) is 28.5 Å². The molecule has 1 aromatic heterocycles. The number of hydrogen-bond donors (Lipinski definition) is 2. The molecule has 0 aliphatic carbocycles. The first-order valence-electron chi connectivity index (χ1n) is 9.94. The zero-order chi connectivity index (χ0) is 24.0. The predicted octanol–water partition coefficient (Wildman–Crippen LogP) is 4.73. The van der Waals surface area contributed by atoms with Gasteiger partial charge in [-0.2, -0.15) is 5.26 Å². The van der Waals surface area contributed by atoms with Gasteiger partial charge in [0.25, 0.3) is 5.91 Å². The van der Waals surface area contributed by atoms with Crippen molar-refractivity contribution in [2.24, 2.45) is 0 Å². The number of furan rings is 1. The van der Waals surface area contributed by atoms with Crippen LogP contribution in [0.5, 0.6) is 11.5 Å². The van der Waals surface area contributed by atoms with Crippen molar-refractivity contribution in [3.8, 4) is 17.6 Å². The third-order valence-corrected chi connectivity index (χ3v) is 4.74. The molecule has 1 amide bonds. The number of ether oxygens (including phenoxy) is 2. The number of carboxylic acids is 1. The van der Waals surface area contributed by atoms with Crippen molar-refractivity contribution in [2.75, 3.05) is 12.4 Å². The first kappa shape index (κ1) is 23.2. The molecule has 168 valence electrons. The van der Waals surface area contributed by atoms with Crippen LogP contribution in [0.15, 0.2) is 58.5 Å². The van der Waals surface area contributed by atoms with Gasteiger partial charge in [-0.15, -0.1) is 0 Å². The van der Waals surface area contributed by atoms with Crippen LogP contribution in [0, 0.1) is 25.2 Å². The second kappa shape index (κ2) is 10.2. The fourth-order valence-electron chi connectivity index (χ4n) is 3.07. The molecule has 0 fully saturated rings. The number of nitrogens with one attached hydrogen (secondary N) is 1. The third-order valence-electron chi connectivity index (χ3n) is 4.74. The quantitative estimate of drug-likeness (QED) is 0.379. The minimum Gasteiger partial charge on any atom is -0.493 e. The number of methoxy groups -OCH3 is 1. The Kier molecular flexibility index (Phi) is 7.16. The van der Waals surface area contributed by atoms with E-state index < -0.39 is 11.9 Å². The van der Waals surface area contributed by atoms with Crippen molar-refractivity contribution in [3.05, 3.63) is 82.3 Å². The number of carbonyl (C=O) groups is 2. The second-order valence-electron chi connectivity index (χ2n) is 7.21. The normalized spacial score (nSPS) is 10.9. The molecule has 8 heteroatoms. The van der Waals surface area contributed by atoms with Crippen molar-refractivity contribution in [3.63, 3.8) is 0 Å². The highest BCUT2D eigenvalue weighted by Crippen LogP contribution is 2.30. The van der Waals surface area contributed by atoms with Gasteiger partial charge >= 0.3 is 5.97 Å². The molecule has 2 N–H and O–H groups in total. The number of hydrogen-bond acceptors (Lipinski definition) is 6. The number of aryl methyl sites for hydroxylation is 2. The van der Waals surface area contributed by atoms with Gasteiger partial charge in [0.2, 0.25) is 5.76 Å². The Bertz CT molecular complexity index is 1270. The SMILES string of the molecule is COc1cc(C=C(C#N)C(=O)Nc2ccc(C)cc2C)ccc1OCc1ccc(C(=O)O)o1.